The monoisotopic (exact) mass is 283 g/mol. The number of hydrogen-bond donors (Lipinski definition) is 1. The fourth-order valence-corrected chi connectivity index (χ4v) is 2.95. The molecule has 0 heterocycles. The summed E-state index contributed by atoms with van der Waals surface area (Å²) in [7, 11) is 0. The summed E-state index contributed by atoms with van der Waals surface area (Å²) in [5.74, 6) is 1.89. The van der Waals surface area contributed by atoms with Gasteiger partial charge in [-0.3, -0.25) is 0 Å². The van der Waals surface area contributed by atoms with Crippen LogP contribution in [0, 0.1) is 23.6 Å². The Balaban J connectivity index is 1.82. The highest BCUT2D eigenvalue weighted by atomic mass is 35.5. The molecule has 0 saturated heterocycles. The summed E-state index contributed by atoms with van der Waals surface area (Å²) in [6.45, 7) is 6.63. The molecule has 1 aromatic carbocycles. The highest BCUT2D eigenvalue weighted by molar-refractivity contribution is 6.31. The summed E-state index contributed by atoms with van der Waals surface area (Å²) in [5, 5.41) is 4.10. The molecule has 0 spiro atoms. The van der Waals surface area contributed by atoms with Gasteiger partial charge in [-0.15, -0.1) is 0 Å². The summed E-state index contributed by atoms with van der Waals surface area (Å²) in [6.07, 6.45) is 3.55. The van der Waals surface area contributed by atoms with Gasteiger partial charge in [0.05, 0.1) is 0 Å². The van der Waals surface area contributed by atoms with Gasteiger partial charge in [-0.2, -0.15) is 0 Å². The number of benzene rings is 1. The lowest BCUT2D eigenvalue weighted by molar-refractivity contribution is 0.169. The van der Waals surface area contributed by atoms with Gasteiger partial charge in [0.15, 0.2) is 0 Å². The quantitative estimate of drug-likeness (QED) is 0.821. The lowest BCUT2D eigenvalue weighted by atomic mass is 9.70. The second-order valence-electron chi connectivity index (χ2n) is 6.09. The van der Waals surface area contributed by atoms with Crippen molar-refractivity contribution in [1.82, 2.24) is 5.32 Å². The zero-order chi connectivity index (χ0) is 13.8. The predicted molar refractivity (Wildman–Crippen MR) is 79.0 cm³/mol. The van der Waals surface area contributed by atoms with E-state index in [1.54, 1.807) is 0 Å². The van der Waals surface area contributed by atoms with E-state index in [0.29, 0.717) is 16.9 Å². The molecule has 2 atom stereocenters. The Labute approximate surface area is 120 Å². The summed E-state index contributed by atoms with van der Waals surface area (Å²) >= 11 is 6.09. The van der Waals surface area contributed by atoms with Crippen LogP contribution in [-0.2, 0) is 6.42 Å². The summed E-state index contributed by atoms with van der Waals surface area (Å²) in [5.41, 5.74) is 1.08. The lowest BCUT2D eigenvalue weighted by Gasteiger charge is -2.37. The van der Waals surface area contributed by atoms with E-state index in [1.165, 1.54) is 25.0 Å². The molecule has 0 bridgehead atoms. The van der Waals surface area contributed by atoms with Gasteiger partial charge in [-0.1, -0.05) is 31.5 Å². The van der Waals surface area contributed by atoms with Crippen molar-refractivity contribution in [3.63, 3.8) is 0 Å². The van der Waals surface area contributed by atoms with Crippen LogP contribution in [0.3, 0.4) is 0 Å². The van der Waals surface area contributed by atoms with Crippen LogP contribution in [-0.4, -0.2) is 13.1 Å². The van der Waals surface area contributed by atoms with Crippen molar-refractivity contribution < 1.29 is 4.39 Å². The second-order valence-corrected chi connectivity index (χ2v) is 6.50. The van der Waals surface area contributed by atoms with E-state index in [0.717, 1.165) is 31.0 Å². The first-order chi connectivity index (χ1) is 9.06. The van der Waals surface area contributed by atoms with Crippen LogP contribution in [0.5, 0.6) is 0 Å². The van der Waals surface area contributed by atoms with Crippen LogP contribution in [0.25, 0.3) is 0 Å². The third kappa shape index (κ3) is 4.19. The first-order valence-corrected chi connectivity index (χ1v) is 7.58. The Kier molecular flexibility index (Phi) is 5.23. The molecule has 1 fully saturated rings. The maximum absolute atomic E-state index is 13.0. The maximum atomic E-state index is 13.0. The largest absolute Gasteiger partial charge is 0.316 e. The van der Waals surface area contributed by atoms with E-state index in [-0.39, 0.29) is 5.82 Å². The van der Waals surface area contributed by atoms with Crippen molar-refractivity contribution in [3.8, 4) is 0 Å². The Bertz CT molecular complexity index is 419. The number of rotatable bonds is 6. The molecule has 3 heteroatoms. The smallest absolute Gasteiger partial charge is 0.124 e. The number of hydrogen-bond acceptors (Lipinski definition) is 1. The third-order valence-corrected chi connectivity index (χ3v) is 4.38. The standard InChI is InChI=1S/C16H23ClFN/c1-11(2)9-19-10-14-4-3-12(14)7-13-5-6-15(18)8-16(13)17/h5-6,8,11-12,14,19H,3-4,7,9-10H2,1-2H3. The molecular weight excluding hydrogens is 261 g/mol. The SMILES string of the molecule is CC(C)CNCC1CCC1Cc1ccc(F)cc1Cl. The van der Waals surface area contributed by atoms with Crippen molar-refractivity contribution in [2.45, 2.75) is 33.1 Å². The van der Waals surface area contributed by atoms with Crippen molar-refractivity contribution >= 4 is 11.6 Å². The van der Waals surface area contributed by atoms with E-state index in [9.17, 15) is 4.39 Å². The molecule has 1 aliphatic carbocycles. The van der Waals surface area contributed by atoms with Crippen molar-refractivity contribution in [2.75, 3.05) is 13.1 Å². The van der Waals surface area contributed by atoms with Crippen molar-refractivity contribution in [1.29, 1.82) is 0 Å². The molecule has 0 amide bonds. The first kappa shape index (κ1) is 14.8. The average molecular weight is 284 g/mol. The number of halogens is 2. The second kappa shape index (κ2) is 6.71. The van der Waals surface area contributed by atoms with Gasteiger partial charge in [0, 0.05) is 5.02 Å². The fourth-order valence-electron chi connectivity index (χ4n) is 2.70. The predicted octanol–water partition coefficient (Wildman–Crippen LogP) is 4.29. The third-order valence-electron chi connectivity index (χ3n) is 4.03. The van der Waals surface area contributed by atoms with Crippen LogP contribution in [0.1, 0.15) is 32.3 Å². The molecule has 2 rings (SSSR count). The Hall–Kier alpha value is -0.600. The maximum Gasteiger partial charge on any atom is 0.124 e. The highest BCUT2D eigenvalue weighted by Gasteiger charge is 2.30. The molecule has 0 radical (unpaired) electrons. The molecular formula is C16H23ClFN. The molecule has 1 N–H and O–H groups in total. The van der Waals surface area contributed by atoms with Crippen LogP contribution < -0.4 is 5.32 Å². The van der Waals surface area contributed by atoms with E-state index < -0.39 is 0 Å². The zero-order valence-corrected chi connectivity index (χ0v) is 12.5. The van der Waals surface area contributed by atoms with E-state index in [1.807, 2.05) is 6.07 Å². The Morgan fingerprint density at radius 2 is 2.05 bits per heavy atom. The summed E-state index contributed by atoms with van der Waals surface area (Å²) in [6, 6.07) is 4.75. The van der Waals surface area contributed by atoms with Gasteiger partial charge in [-0.25, -0.2) is 4.39 Å². The molecule has 0 aromatic heterocycles. The fraction of sp³-hybridized carbons (Fsp3) is 0.625. The van der Waals surface area contributed by atoms with Gasteiger partial charge in [0.1, 0.15) is 5.82 Å². The normalized spacial score (nSPS) is 22.6. The lowest BCUT2D eigenvalue weighted by Crippen LogP contribution is -2.37. The molecule has 2 unspecified atom stereocenters. The van der Waals surface area contributed by atoms with E-state index in [4.69, 9.17) is 11.6 Å². The Morgan fingerprint density at radius 3 is 2.63 bits per heavy atom. The van der Waals surface area contributed by atoms with Gasteiger partial charge in [-0.05, 0) is 67.8 Å². The van der Waals surface area contributed by atoms with Crippen LogP contribution in [0.4, 0.5) is 4.39 Å². The van der Waals surface area contributed by atoms with Crippen LogP contribution >= 0.6 is 11.6 Å². The molecule has 106 valence electrons. The minimum atomic E-state index is -0.252. The Morgan fingerprint density at radius 1 is 1.32 bits per heavy atom. The molecule has 1 aromatic rings. The summed E-state index contributed by atoms with van der Waals surface area (Å²) in [4.78, 5) is 0. The highest BCUT2D eigenvalue weighted by Crippen LogP contribution is 2.37. The van der Waals surface area contributed by atoms with Crippen molar-refractivity contribution in [2.24, 2.45) is 17.8 Å². The molecule has 1 nitrogen and oxygen atoms in total. The number of nitrogens with one attached hydrogen (secondary N) is 1. The van der Waals surface area contributed by atoms with Crippen LogP contribution in [0.2, 0.25) is 5.02 Å². The summed E-state index contributed by atoms with van der Waals surface area (Å²) < 4.78 is 13.0. The van der Waals surface area contributed by atoms with Crippen LogP contribution in [0.15, 0.2) is 18.2 Å². The minimum absolute atomic E-state index is 0.252. The van der Waals surface area contributed by atoms with Gasteiger partial charge >= 0.3 is 0 Å². The van der Waals surface area contributed by atoms with E-state index in [2.05, 4.69) is 19.2 Å². The molecule has 19 heavy (non-hydrogen) atoms. The van der Waals surface area contributed by atoms with E-state index >= 15 is 0 Å². The van der Waals surface area contributed by atoms with Gasteiger partial charge < -0.3 is 5.32 Å². The first-order valence-electron chi connectivity index (χ1n) is 7.21. The van der Waals surface area contributed by atoms with Gasteiger partial charge in [0.2, 0.25) is 0 Å². The van der Waals surface area contributed by atoms with Gasteiger partial charge in [0.25, 0.3) is 0 Å². The minimum Gasteiger partial charge on any atom is -0.316 e. The van der Waals surface area contributed by atoms with Crippen molar-refractivity contribution in [3.05, 3.63) is 34.6 Å². The molecule has 0 aliphatic heterocycles. The molecule has 1 aliphatic rings. The zero-order valence-electron chi connectivity index (χ0n) is 11.8. The topological polar surface area (TPSA) is 12.0 Å². The average Bonchev–Trinajstić information content (AvgIpc) is 2.32. The molecule has 1 saturated carbocycles.